The number of carbonyl (C=O) groups excluding carboxylic acids is 2. The van der Waals surface area contributed by atoms with Crippen molar-refractivity contribution in [3.05, 3.63) is 87.0 Å². The van der Waals surface area contributed by atoms with Crippen LogP contribution in [0.4, 0.5) is 4.79 Å². The molecule has 2 aromatic rings. The lowest BCUT2D eigenvalue weighted by molar-refractivity contribution is -0.124. The Balaban J connectivity index is 1.28. The predicted molar refractivity (Wildman–Crippen MR) is 181 cm³/mol. The number of aliphatic hydroxyl groups is 1. The van der Waals surface area contributed by atoms with Crippen molar-refractivity contribution in [2.45, 2.75) is 64.3 Å². The Bertz CT molecular complexity index is 1650. The highest BCUT2D eigenvalue weighted by Gasteiger charge is 2.35. The summed E-state index contributed by atoms with van der Waals surface area (Å²) in [5.41, 5.74) is 3.81. The molecule has 1 aromatic carbocycles. The second-order valence-electron chi connectivity index (χ2n) is 12.4. The number of benzene rings is 1. The Hall–Kier alpha value is -3.69. The largest absolute Gasteiger partial charge is 0.444 e. The van der Waals surface area contributed by atoms with E-state index in [1.54, 1.807) is 29.9 Å². The number of aliphatic hydroxyl groups excluding tert-OH is 1. The van der Waals surface area contributed by atoms with E-state index >= 15 is 0 Å². The fourth-order valence-corrected chi connectivity index (χ4v) is 8.07. The normalized spacial score (nSPS) is 19.4. The van der Waals surface area contributed by atoms with Gasteiger partial charge in [-0.3, -0.25) is 14.7 Å². The summed E-state index contributed by atoms with van der Waals surface area (Å²) in [6.07, 6.45) is 6.70. The van der Waals surface area contributed by atoms with E-state index in [1.165, 1.54) is 15.6 Å². The Morgan fingerprint density at radius 1 is 1.19 bits per heavy atom. The lowest BCUT2D eigenvalue weighted by Gasteiger charge is -2.31. The molecule has 0 saturated carbocycles. The number of nitrogens with zero attached hydrogens (tertiary/aromatic N) is 4. The maximum absolute atomic E-state index is 14.1. The maximum Gasteiger partial charge on any atom is 0.407 e. The number of likely N-dealkylation sites (tertiary alicyclic amines) is 1. The molecular formula is C33H42N6O6S2. The van der Waals surface area contributed by atoms with Gasteiger partial charge in [0.25, 0.3) is 0 Å². The fourth-order valence-electron chi connectivity index (χ4n) is 5.83. The van der Waals surface area contributed by atoms with E-state index in [1.807, 2.05) is 56.1 Å². The number of alkyl carbamates (subject to hydrolysis) is 1. The standard InChI is InChI=1S/C33H42N6O6S2/c1-22(2)18-39(19-30(40)28(14-23-8-5-4-6-9-23)36-33(42)45-20-25-17-34-21-46-25)47(43,44)26-12-11-24-15-31(35-27(24)16-26)37-32(41)29-10-7-13-38(29)3/h4-6,8-9,11-12,15,17,21-22,28-30,40H,7,10,13-14,16,18-20H2,1-3H3,(H,36,42)(H,37,41). The van der Waals surface area contributed by atoms with Gasteiger partial charge in [-0.25, -0.2) is 18.2 Å². The minimum Gasteiger partial charge on any atom is -0.444 e. The third kappa shape index (κ3) is 9.02. The number of likely N-dealkylation sites (N-methyl/N-ethyl adjacent to an activating group) is 1. The van der Waals surface area contributed by atoms with E-state index in [4.69, 9.17) is 4.74 Å². The molecule has 2 amide bonds. The van der Waals surface area contributed by atoms with Crippen molar-refractivity contribution >= 4 is 39.1 Å². The van der Waals surface area contributed by atoms with Crippen LogP contribution in [-0.2, 0) is 32.6 Å². The van der Waals surface area contributed by atoms with Gasteiger partial charge in [-0.1, -0.05) is 50.3 Å². The topological polar surface area (TPSA) is 154 Å². The molecule has 2 aliphatic heterocycles. The van der Waals surface area contributed by atoms with Gasteiger partial charge in [-0.05, 0) is 56.5 Å². The number of aliphatic imine (C=N–C) groups is 1. The Morgan fingerprint density at radius 3 is 2.66 bits per heavy atom. The number of nitrogens with one attached hydrogen (secondary N) is 2. The third-order valence-corrected chi connectivity index (χ3v) is 10.9. The average molecular weight is 683 g/mol. The summed E-state index contributed by atoms with van der Waals surface area (Å²) in [6.45, 7) is 4.61. The zero-order valence-corrected chi connectivity index (χ0v) is 28.5. The molecule has 0 bridgehead atoms. The van der Waals surface area contributed by atoms with Gasteiger partial charge >= 0.3 is 6.09 Å². The van der Waals surface area contributed by atoms with E-state index < -0.39 is 28.3 Å². The molecule has 3 heterocycles. The number of hydrogen-bond acceptors (Lipinski definition) is 10. The Kier molecular flexibility index (Phi) is 11.4. The quantitative estimate of drug-likeness (QED) is 0.274. The zero-order valence-electron chi connectivity index (χ0n) is 26.8. The minimum absolute atomic E-state index is 0.0317. The monoisotopic (exact) mass is 682 g/mol. The van der Waals surface area contributed by atoms with E-state index in [-0.39, 0.29) is 55.3 Å². The summed E-state index contributed by atoms with van der Waals surface area (Å²) in [5.74, 6) is 0.233. The first kappa shape index (κ1) is 34.6. The highest BCUT2D eigenvalue weighted by Crippen LogP contribution is 2.30. The number of carbonyl (C=O) groups is 2. The van der Waals surface area contributed by atoms with Crippen molar-refractivity contribution < 1.29 is 27.9 Å². The molecule has 3 unspecified atom stereocenters. The summed E-state index contributed by atoms with van der Waals surface area (Å²) in [7, 11) is -2.12. The van der Waals surface area contributed by atoms with Crippen molar-refractivity contribution in [3.63, 3.8) is 0 Å². The lowest BCUT2D eigenvalue weighted by atomic mass is 10.0. The number of allylic oxidation sites excluding steroid dienone is 5. The SMILES string of the molecule is CC(C)CN(CC(O)C(Cc1ccccc1)NC(=O)OCc1cncs1)S(=O)(=O)C1=CC=C2C=C(NC(=O)C3CCCN3C)N=C2C1. The van der Waals surface area contributed by atoms with Crippen LogP contribution in [0.1, 0.15) is 43.6 Å². The molecule has 1 fully saturated rings. The summed E-state index contributed by atoms with van der Waals surface area (Å²) >= 11 is 1.36. The number of rotatable bonds is 14. The van der Waals surface area contributed by atoms with Crippen LogP contribution in [0.15, 0.2) is 81.6 Å². The van der Waals surface area contributed by atoms with Crippen molar-refractivity contribution in [3.8, 4) is 0 Å². The van der Waals surface area contributed by atoms with Gasteiger partial charge in [0.1, 0.15) is 12.4 Å². The smallest absolute Gasteiger partial charge is 0.407 e. The van der Waals surface area contributed by atoms with Gasteiger partial charge in [0, 0.05) is 31.3 Å². The molecule has 0 spiro atoms. The van der Waals surface area contributed by atoms with Crippen molar-refractivity contribution in [1.29, 1.82) is 0 Å². The van der Waals surface area contributed by atoms with Crippen LogP contribution in [0, 0.1) is 5.92 Å². The number of aromatic nitrogens is 1. The molecule has 1 aromatic heterocycles. The van der Waals surface area contributed by atoms with Crippen LogP contribution in [0.25, 0.3) is 0 Å². The van der Waals surface area contributed by atoms with Gasteiger partial charge in [0.2, 0.25) is 15.9 Å². The number of fused-ring (bicyclic) bond motifs is 1. The van der Waals surface area contributed by atoms with Crippen LogP contribution >= 0.6 is 11.3 Å². The summed E-state index contributed by atoms with van der Waals surface area (Å²) < 4.78 is 34.8. The van der Waals surface area contributed by atoms with Gasteiger partial charge in [0.05, 0.1) is 39.2 Å². The molecule has 12 nitrogen and oxygen atoms in total. The number of hydrogen-bond donors (Lipinski definition) is 3. The maximum atomic E-state index is 14.1. The number of ether oxygens (including phenoxy) is 1. The molecule has 5 rings (SSSR count). The first-order chi connectivity index (χ1) is 22.5. The zero-order chi connectivity index (χ0) is 33.6. The summed E-state index contributed by atoms with van der Waals surface area (Å²) in [6, 6.07) is 8.30. The van der Waals surface area contributed by atoms with Crippen LogP contribution in [-0.4, -0.2) is 90.3 Å². The average Bonchev–Trinajstić information content (AvgIpc) is 3.80. The first-order valence-corrected chi connectivity index (χ1v) is 18.1. The second-order valence-corrected chi connectivity index (χ2v) is 15.4. The molecule has 1 saturated heterocycles. The van der Waals surface area contributed by atoms with Crippen LogP contribution in [0.2, 0.25) is 0 Å². The molecule has 0 radical (unpaired) electrons. The molecule has 1 aliphatic carbocycles. The molecule has 3 N–H and O–H groups in total. The molecule has 3 atom stereocenters. The summed E-state index contributed by atoms with van der Waals surface area (Å²) in [5, 5.41) is 17.1. The highest BCUT2D eigenvalue weighted by molar-refractivity contribution is 7.93. The van der Waals surface area contributed by atoms with Gasteiger partial charge in [-0.15, -0.1) is 11.3 Å². The number of amides is 2. The van der Waals surface area contributed by atoms with E-state index in [9.17, 15) is 23.1 Å². The van der Waals surface area contributed by atoms with Gasteiger partial charge in [-0.2, -0.15) is 4.31 Å². The van der Waals surface area contributed by atoms with E-state index in [2.05, 4.69) is 20.6 Å². The number of thiazole rings is 1. The van der Waals surface area contributed by atoms with Crippen molar-refractivity contribution in [1.82, 2.24) is 24.8 Å². The first-order valence-electron chi connectivity index (χ1n) is 15.7. The lowest BCUT2D eigenvalue weighted by Crippen LogP contribution is -2.51. The molecule has 252 valence electrons. The Morgan fingerprint density at radius 2 is 1.98 bits per heavy atom. The van der Waals surface area contributed by atoms with Gasteiger partial charge < -0.3 is 20.5 Å². The molecule has 14 heteroatoms. The number of sulfonamides is 1. The second kappa shape index (κ2) is 15.5. The molecule has 47 heavy (non-hydrogen) atoms. The molecular weight excluding hydrogens is 641 g/mol. The molecule has 3 aliphatic rings. The van der Waals surface area contributed by atoms with Gasteiger partial charge in [0.15, 0.2) is 0 Å². The van der Waals surface area contributed by atoms with Crippen LogP contribution in [0.3, 0.4) is 0 Å². The highest BCUT2D eigenvalue weighted by atomic mass is 32.2. The summed E-state index contributed by atoms with van der Waals surface area (Å²) in [4.78, 5) is 37.1. The van der Waals surface area contributed by atoms with E-state index in [0.29, 0.717) is 11.5 Å². The van der Waals surface area contributed by atoms with Crippen LogP contribution in [0.5, 0.6) is 0 Å². The Labute approximate surface area is 280 Å². The predicted octanol–water partition coefficient (Wildman–Crippen LogP) is 3.35. The van der Waals surface area contributed by atoms with Crippen LogP contribution < -0.4 is 10.6 Å². The fraction of sp³-hybridized carbons (Fsp3) is 0.455. The van der Waals surface area contributed by atoms with E-state index in [0.717, 1.165) is 35.4 Å². The minimum atomic E-state index is -4.05. The van der Waals surface area contributed by atoms with Crippen molar-refractivity contribution in [2.75, 3.05) is 26.7 Å². The third-order valence-electron chi connectivity index (χ3n) is 8.27. The van der Waals surface area contributed by atoms with Crippen molar-refractivity contribution in [2.24, 2.45) is 10.9 Å².